The molecule has 3 N–H and O–H groups in total. The van der Waals surface area contributed by atoms with Crippen molar-refractivity contribution >= 4 is 16.8 Å². The average molecular weight is 260 g/mol. The average Bonchev–Trinajstić information content (AvgIpc) is 2.82. The Hall–Kier alpha value is -1.81. The third-order valence-electron chi connectivity index (χ3n) is 3.21. The molecule has 0 aliphatic rings. The number of para-hydroxylation sites is 1. The summed E-state index contributed by atoms with van der Waals surface area (Å²) in [6.07, 6.45) is 4.19. The summed E-state index contributed by atoms with van der Waals surface area (Å²) in [5.74, 6) is 0.00129. The highest BCUT2D eigenvalue weighted by atomic mass is 16.3. The van der Waals surface area contributed by atoms with Gasteiger partial charge in [-0.05, 0) is 31.4 Å². The Morgan fingerprint density at radius 1 is 1.42 bits per heavy atom. The second-order valence-electron chi connectivity index (χ2n) is 4.86. The number of aromatic nitrogens is 1. The monoisotopic (exact) mass is 260 g/mol. The van der Waals surface area contributed by atoms with E-state index in [0.29, 0.717) is 6.42 Å². The maximum absolute atomic E-state index is 11.6. The zero-order valence-corrected chi connectivity index (χ0v) is 11.1. The van der Waals surface area contributed by atoms with E-state index in [1.165, 1.54) is 10.9 Å². The number of aliphatic hydroxyl groups is 1. The van der Waals surface area contributed by atoms with Gasteiger partial charge in [0.1, 0.15) is 0 Å². The number of carbonyl (C=O) groups is 1. The second kappa shape index (κ2) is 6.38. The van der Waals surface area contributed by atoms with Gasteiger partial charge in [0.2, 0.25) is 5.91 Å². The minimum Gasteiger partial charge on any atom is -0.394 e. The van der Waals surface area contributed by atoms with E-state index in [9.17, 15) is 4.79 Å². The Balaban J connectivity index is 1.84. The van der Waals surface area contributed by atoms with E-state index in [-0.39, 0.29) is 18.6 Å². The zero-order valence-electron chi connectivity index (χ0n) is 11.1. The van der Waals surface area contributed by atoms with Crippen molar-refractivity contribution in [3.05, 3.63) is 36.0 Å². The van der Waals surface area contributed by atoms with E-state index in [4.69, 9.17) is 5.11 Å². The first-order valence-electron chi connectivity index (χ1n) is 6.66. The third-order valence-corrected chi connectivity index (χ3v) is 3.21. The largest absolute Gasteiger partial charge is 0.394 e. The van der Waals surface area contributed by atoms with Crippen molar-refractivity contribution in [2.75, 3.05) is 6.61 Å². The summed E-state index contributed by atoms with van der Waals surface area (Å²) in [6, 6.07) is 8.01. The van der Waals surface area contributed by atoms with Crippen LogP contribution in [0.5, 0.6) is 0 Å². The maximum atomic E-state index is 11.6. The van der Waals surface area contributed by atoms with Gasteiger partial charge in [0.05, 0.1) is 6.61 Å². The van der Waals surface area contributed by atoms with Crippen molar-refractivity contribution in [2.24, 2.45) is 0 Å². The molecule has 2 rings (SSSR count). The molecule has 0 spiro atoms. The Kier molecular flexibility index (Phi) is 4.58. The zero-order chi connectivity index (χ0) is 13.7. The Labute approximate surface area is 112 Å². The molecule has 0 aliphatic carbocycles. The number of carbonyl (C=O) groups excluding carboxylic acids is 1. The SMILES string of the molecule is CC(CO)NC(=O)CCCc1c[nH]c2ccccc12. The number of nitrogens with one attached hydrogen (secondary N) is 2. The van der Waals surface area contributed by atoms with Crippen LogP contribution in [0, 0.1) is 0 Å². The molecule has 0 aliphatic heterocycles. The van der Waals surface area contributed by atoms with Gasteiger partial charge in [-0.25, -0.2) is 0 Å². The van der Waals surface area contributed by atoms with Crippen molar-refractivity contribution in [1.29, 1.82) is 0 Å². The summed E-state index contributed by atoms with van der Waals surface area (Å²) in [5, 5.41) is 12.8. The molecule has 1 unspecified atom stereocenters. The van der Waals surface area contributed by atoms with Gasteiger partial charge in [0, 0.05) is 29.6 Å². The minimum absolute atomic E-state index is 0.00129. The van der Waals surface area contributed by atoms with Crippen molar-refractivity contribution in [1.82, 2.24) is 10.3 Å². The molecule has 102 valence electrons. The summed E-state index contributed by atoms with van der Waals surface area (Å²) in [5.41, 5.74) is 2.38. The molecule has 1 aromatic heterocycles. The van der Waals surface area contributed by atoms with E-state index in [2.05, 4.69) is 22.4 Å². The van der Waals surface area contributed by atoms with Gasteiger partial charge < -0.3 is 15.4 Å². The lowest BCUT2D eigenvalue weighted by Gasteiger charge is -2.10. The molecule has 1 heterocycles. The first-order chi connectivity index (χ1) is 9.20. The van der Waals surface area contributed by atoms with Crippen LogP contribution >= 0.6 is 0 Å². The number of aliphatic hydroxyl groups excluding tert-OH is 1. The van der Waals surface area contributed by atoms with E-state index in [1.54, 1.807) is 6.92 Å². The molecule has 19 heavy (non-hydrogen) atoms. The lowest BCUT2D eigenvalue weighted by Crippen LogP contribution is -2.34. The van der Waals surface area contributed by atoms with Crippen molar-refractivity contribution in [2.45, 2.75) is 32.2 Å². The fraction of sp³-hybridized carbons (Fsp3) is 0.400. The summed E-state index contributed by atoms with van der Waals surface area (Å²) in [4.78, 5) is 14.8. The van der Waals surface area contributed by atoms with Gasteiger partial charge >= 0.3 is 0 Å². The topological polar surface area (TPSA) is 65.1 Å². The molecule has 0 fully saturated rings. The molecular weight excluding hydrogens is 240 g/mol. The molecule has 0 bridgehead atoms. The van der Waals surface area contributed by atoms with Crippen LogP contribution in [0.4, 0.5) is 0 Å². The predicted molar refractivity (Wildman–Crippen MR) is 75.9 cm³/mol. The van der Waals surface area contributed by atoms with E-state index in [1.807, 2.05) is 18.3 Å². The van der Waals surface area contributed by atoms with Gasteiger partial charge in [-0.1, -0.05) is 18.2 Å². The lowest BCUT2D eigenvalue weighted by atomic mass is 10.1. The highest BCUT2D eigenvalue weighted by Crippen LogP contribution is 2.19. The number of aryl methyl sites for hydroxylation is 1. The van der Waals surface area contributed by atoms with Gasteiger partial charge in [-0.3, -0.25) is 4.79 Å². The van der Waals surface area contributed by atoms with Crippen LogP contribution in [-0.4, -0.2) is 28.6 Å². The highest BCUT2D eigenvalue weighted by molar-refractivity contribution is 5.83. The number of hydrogen-bond acceptors (Lipinski definition) is 2. The molecule has 4 heteroatoms. The van der Waals surface area contributed by atoms with Crippen LogP contribution in [0.15, 0.2) is 30.5 Å². The Morgan fingerprint density at radius 2 is 2.21 bits per heavy atom. The maximum Gasteiger partial charge on any atom is 0.220 e. The van der Waals surface area contributed by atoms with Gasteiger partial charge in [-0.15, -0.1) is 0 Å². The summed E-state index contributed by atoms with van der Waals surface area (Å²) < 4.78 is 0. The van der Waals surface area contributed by atoms with Crippen LogP contribution in [0.3, 0.4) is 0 Å². The van der Waals surface area contributed by atoms with Gasteiger partial charge in [-0.2, -0.15) is 0 Å². The van der Waals surface area contributed by atoms with Crippen molar-refractivity contribution in [3.63, 3.8) is 0 Å². The van der Waals surface area contributed by atoms with Crippen LogP contribution in [-0.2, 0) is 11.2 Å². The van der Waals surface area contributed by atoms with Crippen LogP contribution in [0.1, 0.15) is 25.3 Å². The fourth-order valence-electron chi connectivity index (χ4n) is 2.17. The molecule has 1 atom stereocenters. The predicted octanol–water partition coefficient (Wildman–Crippen LogP) is 1.99. The molecule has 1 amide bonds. The third kappa shape index (κ3) is 3.58. The second-order valence-corrected chi connectivity index (χ2v) is 4.86. The first-order valence-corrected chi connectivity index (χ1v) is 6.66. The smallest absolute Gasteiger partial charge is 0.220 e. The number of fused-ring (bicyclic) bond motifs is 1. The molecule has 4 nitrogen and oxygen atoms in total. The summed E-state index contributed by atoms with van der Waals surface area (Å²) in [6.45, 7) is 1.77. The molecule has 2 aromatic rings. The number of benzene rings is 1. The van der Waals surface area contributed by atoms with Crippen molar-refractivity contribution in [3.8, 4) is 0 Å². The van der Waals surface area contributed by atoms with Gasteiger partial charge in [0.15, 0.2) is 0 Å². The number of aromatic amines is 1. The molecular formula is C15H20N2O2. The summed E-state index contributed by atoms with van der Waals surface area (Å²) in [7, 11) is 0. The Morgan fingerprint density at radius 3 is 3.00 bits per heavy atom. The van der Waals surface area contributed by atoms with Crippen LogP contribution in [0.25, 0.3) is 10.9 Å². The normalized spacial score (nSPS) is 12.5. The van der Waals surface area contributed by atoms with E-state index < -0.39 is 0 Å². The van der Waals surface area contributed by atoms with E-state index >= 15 is 0 Å². The quantitative estimate of drug-likeness (QED) is 0.743. The minimum atomic E-state index is -0.166. The highest BCUT2D eigenvalue weighted by Gasteiger charge is 2.07. The number of amides is 1. The number of hydrogen-bond donors (Lipinski definition) is 3. The first kappa shape index (κ1) is 13.6. The molecule has 1 aromatic carbocycles. The number of rotatable bonds is 6. The van der Waals surface area contributed by atoms with Crippen molar-refractivity contribution < 1.29 is 9.90 Å². The lowest BCUT2D eigenvalue weighted by molar-refractivity contribution is -0.122. The van der Waals surface area contributed by atoms with Crippen LogP contribution in [0.2, 0.25) is 0 Å². The Bertz CT molecular complexity index is 548. The van der Waals surface area contributed by atoms with Crippen LogP contribution < -0.4 is 5.32 Å². The molecule has 0 radical (unpaired) electrons. The molecule has 0 saturated carbocycles. The van der Waals surface area contributed by atoms with Gasteiger partial charge in [0.25, 0.3) is 0 Å². The summed E-state index contributed by atoms with van der Waals surface area (Å²) >= 11 is 0. The van der Waals surface area contributed by atoms with E-state index in [0.717, 1.165) is 18.4 Å². The fourth-order valence-corrected chi connectivity index (χ4v) is 2.17. The standard InChI is InChI=1S/C15H20N2O2/c1-11(10-18)17-15(19)8-4-5-12-9-16-14-7-3-2-6-13(12)14/h2-3,6-7,9,11,16,18H,4-5,8,10H2,1H3,(H,17,19). The molecule has 0 saturated heterocycles. The number of H-pyrrole nitrogens is 1.